The van der Waals surface area contributed by atoms with Gasteiger partial charge in [0.2, 0.25) is 0 Å². The summed E-state index contributed by atoms with van der Waals surface area (Å²) in [4.78, 5) is 8.50. The Bertz CT molecular complexity index is 589. The average Bonchev–Trinajstić information content (AvgIpc) is 3.20. The Hall–Kier alpha value is -0.640. The van der Waals surface area contributed by atoms with Gasteiger partial charge < -0.3 is 0 Å². The van der Waals surface area contributed by atoms with Gasteiger partial charge in [-0.15, -0.1) is 0 Å². The van der Waals surface area contributed by atoms with Crippen molar-refractivity contribution in [2.75, 3.05) is 0 Å². The molecule has 3 rings (SSSR count). The lowest BCUT2D eigenvalue weighted by Gasteiger charge is -2.05. The van der Waals surface area contributed by atoms with Gasteiger partial charge in [0.1, 0.15) is 10.3 Å². The van der Waals surface area contributed by atoms with E-state index in [9.17, 15) is 0 Å². The molecule has 1 aromatic heterocycles. The molecule has 1 aliphatic carbocycles. The summed E-state index contributed by atoms with van der Waals surface area (Å²) in [7, 11) is 0. The highest BCUT2D eigenvalue weighted by Crippen LogP contribution is 2.41. The molecule has 0 saturated heterocycles. The van der Waals surface area contributed by atoms with Crippen molar-refractivity contribution >= 4 is 39.1 Å². The summed E-state index contributed by atoms with van der Waals surface area (Å²) in [6, 6.07) is 8.26. The zero-order chi connectivity index (χ0) is 12.7. The molecular formula is C13H9BrCl2N2. The first-order valence-corrected chi connectivity index (χ1v) is 7.19. The van der Waals surface area contributed by atoms with Gasteiger partial charge in [-0.25, -0.2) is 9.97 Å². The van der Waals surface area contributed by atoms with E-state index in [1.54, 1.807) is 0 Å². The van der Waals surface area contributed by atoms with E-state index < -0.39 is 0 Å². The molecule has 92 valence electrons. The van der Waals surface area contributed by atoms with Crippen molar-refractivity contribution in [3.8, 4) is 11.4 Å². The third-order valence-corrected chi connectivity index (χ3v) is 4.72. The number of benzene rings is 1. The molecule has 5 heteroatoms. The molecule has 0 atom stereocenters. The van der Waals surface area contributed by atoms with Crippen LogP contribution in [0.1, 0.15) is 24.3 Å². The van der Waals surface area contributed by atoms with Gasteiger partial charge in [-0.3, -0.25) is 0 Å². The molecular weight excluding hydrogens is 335 g/mol. The first-order valence-electron chi connectivity index (χ1n) is 5.64. The molecule has 18 heavy (non-hydrogen) atoms. The number of aromatic nitrogens is 2. The third kappa shape index (κ3) is 2.40. The van der Waals surface area contributed by atoms with Crippen LogP contribution in [-0.4, -0.2) is 9.97 Å². The highest BCUT2D eigenvalue weighted by molar-refractivity contribution is 9.10. The molecule has 0 spiro atoms. The summed E-state index contributed by atoms with van der Waals surface area (Å²) in [5, 5.41) is 0.670. The largest absolute Gasteiger partial charge is 0.215 e. The van der Waals surface area contributed by atoms with Crippen LogP contribution >= 0.6 is 39.1 Å². The van der Waals surface area contributed by atoms with Crippen molar-refractivity contribution in [2.45, 2.75) is 18.8 Å². The molecule has 2 nitrogen and oxygen atoms in total. The predicted molar refractivity (Wildman–Crippen MR) is 77.2 cm³/mol. The van der Waals surface area contributed by atoms with Crippen LogP contribution in [0.5, 0.6) is 0 Å². The SMILES string of the molecule is Clc1nc(-c2cccc(C3CC3)c2)nc(Cl)c1Br. The monoisotopic (exact) mass is 342 g/mol. The molecule has 0 unspecified atom stereocenters. The molecule has 0 aliphatic heterocycles. The van der Waals surface area contributed by atoms with Crippen molar-refractivity contribution in [3.63, 3.8) is 0 Å². The van der Waals surface area contributed by atoms with Crippen molar-refractivity contribution in [1.82, 2.24) is 9.97 Å². The van der Waals surface area contributed by atoms with E-state index in [1.165, 1.54) is 18.4 Å². The Morgan fingerprint density at radius 1 is 1.11 bits per heavy atom. The first kappa shape index (κ1) is 12.4. The number of hydrogen-bond acceptors (Lipinski definition) is 2. The van der Waals surface area contributed by atoms with Gasteiger partial charge in [0, 0.05) is 5.56 Å². The minimum absolute atomic E-state index is 0.335. The lowest BCUT2D eigenvalue weighted by Crippen LogP contribution is -1.92. The Morgan fingerprint density at radius 3 is 2.39 bits per heavy atom. The van der Waals surface area contributed by atoms with Crippen LogP contribution in [0.15, 0.2) is 28.7 Å². The van der Waals surface area contributed by atoms with Gasteiger partial charge in [-0.05, 0) is 46.3 Å². The molecule has 1 fully saturated rings. The fourth-order valence-electron chi connectivity index (χ4n) is 1.87. The molecule has 1 aromatic carbocycles. The zero-order valence-corrected chi connectivity index (χ0v) is 12.4. The van der Waals surface area contributed by atoms with Crippen molar-refractivity contribution in [3.05, 3.63) is 44.6 Å². The number of halogens is 3. The average molecular weight is 344 g/mol. The van der Waals surface area contributed by atoms with Crippen LogP contribution in [0.4, 0.5) is 0 Å². The summed E-state index contributed by atoms with van der Waals surface area (Å²) in [5.41, 5.74) is 2.29. The number of rotatable bonds is 2. The fraction of sp³-hybridized carbons (Fsp3) is 0.231. The van der Waals surface area contributed by atoms with E-state index in [0.717, 1.165) is 5.56 Å². The molecule has 0 radical (unpaired) electrons. The third-order valence-electron chi connectivity index (χ3n) is 2.96. The van der Waals surface area contributed by atoms with E-state index in [2.05, 4.69) is 38.0 Å². The maximum atomic E-state index is 6.00. The van der Waals surface area contributed by atoms with Crippen molar-refractivity contribution in [1.29, 1.82) is 0 Å². The summed E-state index contributed by atoms with van der Waals surface area (Å²) in [6.45, 7) is 0. The standard InChI is InChI=1S/C13H9BrCl2N2/c14-10-11(15)17-13(18-12(10)16)9-3-1-2-8(6-9)7-4-5-7/h1-3,6-7H,4-5H2. The van der Waals surface area contributed by atoms with Crippen LogP contribution in [0.3, 0.4) is 0 Å². The maximum Gasteiger partial charge on any atom is 0.162 e. The maximum absolute atomic E-state index is 6.00. The van der Waals surface area contributed by atoms with Gasteiger partial charge in [0.05, 0.1) is 4.47 Å². The van der Waals surface area contributed by atoms with E-state index in [4.69, 9.17) is 23.2 Å². The fourth-order valence-corrected chi connectivity index (χ4v) is 2.44. The quantitative estimate of drug-likeness (QED) is 0.709. The molecule has 0 N–H and O–H groups in total. The predicted octanol–water partition coefficient (Wildman–Crippen LogP) is 5.09. The van der Waals surface area contributed by atoms with Crippen molar-refractivity contribution in [2.24, 2.45) is 0 Å². The van der Waals surface area contributed by atoms with Gasteiger partial charge in [0.15, 0.2) is 5.82 Å². The lowest BCUT2D eigenvalue weighted by molar-refractivity contribution is 1.12. The highest BCUT2D eigenvalue weighted by Gasteiger charge is 2.23. The summed E-state index contributed by atoms with van der Waals surface area (Å²) in [5.74, 6) is 1.27. The van der Waals surface area contributed by atoms with E-state index in [-0.39, 0.29) is 0 Å². The second kappa shape index (κ2) is 4.80. The Kier molecular flexibility index (Phi) is 3.31. The van der Waals surface area contributed by atoms with Gasteiger partial charge in [0.25, 0.3) is 0 Å². The van der Waals surface area contributed by atoms with Crippen LogP contribution in [0, 0.1) is 0 Å². The van der Waals surface area contributed by atoms with E-state index >= 15 is 0 Å². The summed E-state index contributed by atoms with van der Waals surface area (Å²) < 4.78 is 0.535. The molecule has 0 amide bonds. The summed E-state index contributed by atoms with van der Waals surface area (Å²) in [6.07, 6.45) is 2.54. The smallest absolute Gasteiger partial charge is 0.162 e. The number of nitrogens with zero attached hydrogens (tertiary/aromatic N) is 2. The molecule has 2 aromatic rings. The van der Waals surface area contributed by atoms with Crippen molar-refractivity contribution < 1.29 is 0 Å². The second-order valence-electron chi connectivity index (χ2n) is 4.34. The summed E-state index contributed by atoms with van der Waals surface area (Å²) >= 11 is 15.2. The topological polar surface area (TPSA) is 25.8 Å². The van der Waals surface area contributed by atoms with Crippen LogP contribution in [0.25, 0.3) is 11.4 Å². The Morgan fingerprint density at radius 2 is 1.78 bits per heavy atom. The molecule has 1 heterocycles. The minimum Gasteiger partial charge on any atom is -0.215 e. The van der Waals surface area contributed by atoms with E-state index in [0.29, 0.717) is 26.5 Å². The molecule has 0 bridgehead atoms. The van der Waals surface area contributed by atoms with Gasteiger partial charge >= 0.3 is 0 Å². The minimum atomic E-state index is 0.335. The molecule has 1 aliphatic rings. The van der Waals surface area contributed by atoms with Crippen LogP contribution < -0.4 is 0 Å². The normalized spacial score (nSPS) is 14.8. The van der Waals surface area contributed by atoms with Gasteiger partial charge in [-0.1, -0.05) is 41.4 Å². The first-order chi connectivity index (χ1) is 8.65. The zero-order valence-electron chi connectivity index (χ0n) is 9.33. The van der Waals surface area contributed by atoms with E-state index in [1.807, 2.05) is 12.1 Å². The second-order valence-corrected chi connectivity index (χ2v) is 5.85. The number of hydrogen-bond donors (Lipinski definition) is 0. The van der Waals surface area contributed by atoms with Gasteiger partial charge in [-0.2, -0.15) is 0 Å². The molecule has 1 saturated carbocycles. The Labute approximate surface area is 123 Å². The van der Waals surface area contributed by atoms with Crippen LogP contribution in [0.2, 0.25) is 10.3 Å². The highest BCUT2D eigenvalue weighted by atomic mass is 79.9. The van der Waals surface area contributed by atoms with Crippen LogP contribution in [-0.2, 0) is 0 Å². The lowest BCUT2D eigenvalue weighted by atomic mass is 10.1. The Balaban J connectivity index is 2.06.